The van der Waals surface area contributed by atoms with E-state index in [1.54, 1.807) is 0 Å². The lowest BCUT2D eigenvalue weighted by Gasteiger charge is -2.39. The molecule has 2 aliphatic rings. The van der Waals surface area contributed by atoms with Crippen molar-refractivity contribution in [3.8, 4) is 0 Å². The van der Waals surface area contributed by atoms with Gasteiger partial charge in [0.25, 0.3) is 0 Å². The highest BCUT2D eigenvalue weighted by Crippen LogP contribution is 2.33. The van der Waals surface area contributed by atoms with E-state index < -0.39 is 5.97 Å². The average Bonchev–Trinajstić information content (AvgIpc) is 2.90. The maximum absolute atomic E-state index is 11.5. The number of hydrogen-bond donors (Lipinski definition) is 1. The third-order valence-corrected chi connectivity index (χ3v) is 2.77. The van der Waals surface area contributed by atoms with Crippen LogP contribution in [0.3, 0.4) is 0 Å². The molecule has 2 rings (SSSR count). The second kappa shape index (κ2) is 4.18. The van der Waals surface area contributed by atoms with Gasteiger partial charge in [-0.05, 0) is 12.8 Å². The number of carbonyl (C=O) groups is 2. The number of carbonyl (C=O) groups excluding carboxylic acids is 1. The van der Waals surface area contributed by atoms with E-state index in [1.165, 1.54) is 0 Å². The third kappa shape index (κ3) is 2.68. The minimum Gasteiger partial charge on any atom is -0.480 e. The fourth-order valence-corrected chi connectivity index (χ4v) is 1.76. The van der Waals surface area contributed by atoms with Gasteiger partial charge in [0.1, 0.15) is 6.61 Å². The van der Waals surface area contributed by atoms with Gasteiger partial charge in [0, 0.05) is 24.9 Å². The lowest BCUT2D eigenvalue weighted by molar-refractivity contribution is -0.146. The molecule has 2 fully saturated rings. The summed E-state index contributed by atoms with van der Waals surface area (Å²) in [6.07, 6.45) is 2.07. The van der Waals surface area contributed by atoms with Gasteiger partial charge in [0.2, 0.25) is 5.91 Å². The number of carboxylic acids is 1. The Kier molecular flexibility index (Phi) is 2.90. The van der Waals surface area contributed by atoms with Crippen LogP contribution in [-0.4, -0.2) is 48.2 Å². The third-order valence-electron chi connectivity index (χ3n) is 2.77. The van der Waals surface area contributed by atoms with Gasteiger partial charge < -0.3 is 14.7 Å². The molecule has 1 heterocycles. The van der Waals surface area contributed by atoms with Crippen molar-refractivity contribution >= 4 is 11.9 Å². The highest BCUT2D eigenvalue weighted by molar-refractivity contribution is 5.81. The van der Waals surface area contributed by atoms with Gasteiger partial charge in [-0.3, -0.25) is 4.79 Å². The fourth-order valence-electron chi connectivity index (χ4n) is 1.76. The zero-order valence-electron chi connectivity index (χ0n) is 8.52. The molecular weight excluding hydrogens is 198 g/mol. The molecule has 1 saturated heterocycles. The number of amides is 1. The maximum atomic E-state index is 11.5. The Balaban J connectivity index is 1.57. The molecule has 0 unspecified atom stereocenters. The van der Waals surface area contributed by atoms with Crippen molar-refractivity contribution in [2.24, 2.45) is 11.8 Å². The van der Waals surface area contributed by atoms with E-state index in [9.17, 15) is 9.59 Å². The van der Waals surface area contributed by atoms with Crippen LogP contribution in [0.15, 0.2) is 0 Å². The van der Waals surface area contributed by atoms with E-state index in [4.69, 9.17) is 9.84 Å². The molecule has 0 aromatic rings. The fraction of sp³-hybridized carbons (Fsp3) is 0.800. The highest BCUT2D eigenvalue weighted by Gasteiger charge is 2.39. The van der Waals surface area contributed by atoms with Crippen LogP contribution in [-0.2, 0) is 14.3 Å². The van der Waals surface area contributed by atoms with Crippen molar-refractivity contribution in [1.82, 2.24) is 4.90 Å². The van der Waals surface area contributed by atoms with Crippen molar-refractivity contribution in [3.63, 3.8) is 0 Å². The van der Waals surface area contributed by atoms with Crippen LogP contribution >= 0.6 is 0 Å². The molecule has 0 aromatic carbocycles. The first-order chi connectivity index (χ1) is 7.16. The van der Waals surface area contributed by atoms with Crippen LogP contribution in [0, 0.1) is 11.8 Å². The van der Waals surface area contributed by atoms with E-state index in [-0.39, 0.29) is 18.4 Å². The Bertz CT molecular complexity index is 269. The van der Waals surface area contributed by atoms with Gasteiger partial charge in [0.05, 0.1) is 6.61 Å². The van der Waals surface area contributed by atoms with Gasteiger partial charge in [-0.15, -0.1) is 0 Å². The molecule has 1 saturated carbocycles. The second-order valence-corrected chi connectivity index (χ2v) is 4.29. The Morgan fingerprint density at radius 2 is 2.00 bits per heavy atom. The second-order valence-electron chi connectivity index (χ2n) is 4.29. The minimum atomic E-state index is -0.944. The van der Waals surface area contributed by atoms with Gasteiger partial charge in [0.15, 0.2) is 0 Å². The Morgan fingerprint density at radius 1 is 1.33 bits per heavy atom. The largest absolute Gasteiger partial charge is 0.480 e. The highest BCUT2D eigenvalue weighted by atomic mass is 16.5. The first kappa shape index (κ1) is 10.4. The molecular formula is C10H15NO4. The Morgan fingerprint density at radius 3 is 2.53 bits per heavy atom. The molecule has 0 aromatic heterocycles. The number of hydrogen-bond acceptors (Lipinski definition) is 3. The monoisotopic (exact) mass is 213 g/mol. The summed E-state index contributed by atoms with van der Waals surface area (Å²) >= 11 is 0. The maximum Gasteiger partial charge on any atom is 0.329 e. The predicted molar refractivity (Wildman–Crippen MR) is 51.2 cm³/mol. The normalized spacial score (nSPS) is 21.2. The lowest BCUT2D eigenvalue weighted by atomic mass is 10.0. The van der Waals surface area contributed by atoms with Crippen molar-refractivity contribution < 1.29 is 19.4 Å². The van der Waals surface area contributed by atoms with Crippen molar-refractivity contribution in [2.75, 3.05) is 26.3 Å². The van der Waals surface area contributed by atoms with Crippen molar-refractivity contribution in [1.29, 1.82) is 0 Å². The molecule has 84 valence electrons. The SMILES string of the molecule is O=C(O)COCC1CN(C(=O)C2CC2)C1. The van der Waals surface area contributed by atoms with Gasteiger partial charge in [-0.1, -0.05) is 0 Å². The molecule has 1 aliphatic heterocycles. The predicted octanol–water partition coefficient (Wildman–Crippen LogP) is -0.0440. The van der Waals surface area contributed by atoms with Crippen LogP contribution in [0.1, 0.15) is 12.8 Å². The molecule has 0 spiro atoms. The van der Waals surface area contributed by atoms with Crippen molar-refractivity contribution in [3.05, 3.63) is 0 Å². The molecule has 0 radical (unpaired) electrons. The molecule has 1 amide bonds. The number of rotatable bonds is 5. The summed E-state index contributed by atoms with van der Waals surface area (Å²) in [5.74, 6) is -0.0670. The zero-order chi connectivity index (χ0) is 10.8. The van der Waals surface area contributed by atoms with E-state index in [1.807, 2.05) is 4.90 Å². The minimum absolute atomic E-state index is 0.243. The Labute approximate surface area is 88.0 Å². The van der Waals surface area contributed by atoms with Gasteiger partial charge in [-0.2, -0.15) is 0 Å². The van der Waals surface area contributed by atoms with Gasteiger partial charge in [-0.25, -0.2) is 4.79 Å². The van der Waals surface area contributed by atoms with E-state index in [0.29, 0.717) is 12.5 Å². The Hall–Kier alpha value is -1.10. The van der Waals surface area contributed by atoms with Crippen LogP contribution in [0.4, 0.5) is 0 Å². The first-order valence-corrected chi connectivity index (χ1v) is 5.25. The number of ether oxygens (including phenoxy) is 1. The molecule has 15 heavy (non-hydrogen) atoms. The number of nitrogens with zero attached hydrogens (tertiary/aromatic N) is 1. The first-order valence-electron chi connectivity index (χ1n) is 5.25. The molecule has 5 heteroatoms. The van der Waals surface area contributed by atoms with Crippen LogP contribution in [0.2, 0.25) is 0 Å². The van der Waals surface area contributed by atoms with Crippen molar-refractivity contribution in [2.45, 2.75) is 12.8 Å². The number of carboxylic acid groups (broad SMARTS) is 1. The van der Waals surface area contributed by atoms with Crippen LogP contribution in [0.25, 0.3) is 0 Å². The lowest BCUT2D eigenvalue weighted by Crippen LogP contribution is -2.52. The smallest absolute Gasteiger partial charge is 0.329 e. The van der Waals surface area contributed by atoms with Crippen LogP contribution < -0.4 is 0 Å². The summed E-state index contributed by atoms with van der Waals surface area (Å²) in [6, 6.07) is 0. The average molecular weight is 213 g/mol. The molecule has 0 atom stereocenters. The summed E-state index contributed by atoms with van der Waals surface area (Å²) in [4.78, 5) is 23.5. The molecule has 0 bridgehead atoms. The van der Waals surface area contributed by atoms with Gasteiger partial charge >= 0.3 is 5.97 Å². The van der Waals surface area contributed by atoms with Crippen LogP contribution in [0.5, 0.6) is 0 Å². The number of likely N-dealkylation sites (tertiary alicyclic amines) is 1. The summed E-state index contributed by atoms with van der Waals surface area (Å²) in [5.41, 5.74) is 0. The zero-order valence-corrected chi connectivity index (χ0v) is 8.52. The molecule has 1 N–H and O–H groups in total. The number of aliphatic carboxylic acids is 1. The molecule has 5 nitrogen and oxygen atoms in total. The standard InChI is InChI=1S/C10H15NO4/c12-9(13)6-15-5-7-3-11(4-7)10(14)8-1-2-8/h7-8H,1-6H2,(H,12,13). The topological polar surface area (TPSA) is 66.8 Å². The van der Waals surface area contributed by atoms with E-state index in [2.05, 4.69) is 0 Å². The summed E-state index contributed by atoms with van der Waals surface area (Å²) in [5, 5.41) is 8.35. The molecule has 1 aliphatic carbocycles. The summed E-state index contributed by atoms with van der Waals surface area (Å²) in [6.45, 7) is 1.66. The summed E-state index contributed by atoms with van der Waals surface area (Å²) < 4.78 is 4.97. The van der Waals surface area contributed by atoms with E-state index in [0.717, 1.165) is 25.9 Å². The quantitative estimate of drug-likeness (QED) is 0.695. The van der Waals surface area contributed by atoms with E-state index >= 15 is 0 Å². The summed E-state index contributed by atoms with van der Waals surface area (Å²) in [7, 11) is 0.